The van der Waals surface area contributed by atoms with Gasteiger partial charge in [-0.15, -0.1) is 0 Å². The van der Waals surface area contributed by atoms with Crippen LogP contribution in [0.15, 0.2) is 53.3 Å². The van der Waals surface area contributed by atoms with E-state index in [-0.39, 0.29) is 23.4 Å². The molecule has 1 aromatic heterocycles. The van der Waals surface area contributed by atoms with E-state index >= 15 is 0 Å². The summed E-state index contributed by atoms with van der Waals surface area (Å²) < 4.78 is 6.85. The fourth-order valence-electron chi connectivity index (χ4n) is 3.72. The van der Waals surface area contributed by atoms with Crippen molar-refractivity contribution in [1.29, 1.82) is 0 Å². The van der Waals surface area contributed by atoms with E-state index in [4.69, 9.17) is 9.72 Å². The standard InChI is InChI=1S/C23H25N3O3/c1-15(25(2)22(27)16-7-6-8-16)21-24-20-10-5-4-9-19(20)23(28)26(21)17-11-13-18(29-3)14-12-17/h4-5,9-16H,6-8H2,1-3H3. The quantitative estimate of drug-likeness (QED) is 0.665. The number of aromatic nitrogens is 2. The van der Waals surface area contributed by atoms with Crippen molar-refractivity contribution >= 4 is 16.8 Å². The molecule has 6 heteroatoms. The molecule has 150 valence electrons. The van der Waals surface area contributed by atoms with E-state index in [1.165, 1.54) is 0 Å². The third-order valence-electron chi connectivity index (χ3n) is 5.89. The van der Waals surface area contributed by atoms with Crippen LogP contribution in [0.4, 0.5) is 0 Å². The van der Waals surface area contributed by atoms with Gasteiger partial charge in [-0.1, -0.05) is 18.6 Å². The van der Waals surface area contributed by atoms with Crippen LogP contribution in [0.1, 0.15) is 38.1 Å². The highest BCUT2D eigenvalue weighted by Crippen LogP contribution is 2.31. The molecule has 3 aromatic rings. The average molecular weight is 391 g/mol. The van der Waals surface area contributed by atoms with Gasteiger partial charge >= 0.3 is 0 Å². The predicted octanol–water partition coefficient (Wildman–Crippen LogP) is 3.71. The van der Waals surface area contributed by atoms with Gasteiger partial charge < -0.3 is 9.64 Å². The zero-order valence-electron chi connectivity index (χ0n) is 17.0. The molecular formula is C23H25N3O3. The fourth-order valence-corrected chi connectivity index (χ4v) is 3.72. The number of hydrogen-bond acceptors (Lipinski definition) is 4. The maximum absolute atomic E-state index is 13.4. The number of ether oxygens (including phenoxy) is 1. The number of nitrogens with zero attached hydrogens (tertiary/aromatic N) is 3. The van der Waals surface area contributed by atoms with Crippen molar-refractivity contribution in [3.05, 3.63) is 64.7 Å². The predicted molar refractivity (Wildman–Crippen MR) is 112 cm³/mol. The van der Waals surface area contributed by atoms with E-state index in [0.717, 1.165) is 19.3 Å². The highest BCUT2D eigenvalue weighted by atomic mass is 16.5. The molecule has 0 bridgehead atoms. The first-order valence-electron chi connectivity index (χ1n) is 9.94. The van der Waals surface area contributed by atoms with E-state index in [1.54, 1.807) is 29.7 Å². The Bertz CT molecular complexity index is 1100. The summed E-state index contributed by atoms with van der Waals surface area (Å²) in [6.45, 7) is 1.92. The van der Waals surface area contributed by atoms with Gasteiger partial charge in [0, 0.05) is 13.0 Å². The minimum Gasteiger partial charge on any atom is -0.497 e. The smallest absolute Gasteiger partial charge is 0.266 e. The third-order valence-corrected chi connectivity index (χ3v) is 5.89. The van der Waals surface area contributed by atoms with Gasteiger partial charge in [0.05, 0.1) is 29.7 Å². The highest BCUT2D eigenvalue weighted by molar-refractivity contribution is 5.80. The first kappa shape index (κ1) is 19.2. The lowest BCUT2D eigenvalue weighted by Crippen LogP contribution is -2.40. The topological polar surface area (TPSA) is 64.4 Å². The number of hydrogen-bond donors (Lipinski definition) is 0. The van der Waals surface area contributed by atoms with Crippen LogP contribution in [-0.2, 0) is 4.79 Å². The molecule has 1 atom stereocenters. The zero-order chi connectivity index (χ0) is 20.5. The molecule has 0 aliphatic heterocycles. The monoisotopic (exact) mass is 391 g/mol. The maximum Gasteiger partial charge on any atom is 0.266 e. The maximum atomic E-state index is 13.4. The number of benzene rings is 2. The van der Waals surface area contributed by atoms with Gasteiger partial charge in [-0.2, -0.15) is 0 Å². The zero-order valence-corrected chi connectivity index (χ0v) is 17.0. The van der Waals surface area contributed by atoms with Gasteiger partial charge in [0.25, 0.3) is 5.56 Å². The van der Waals surface area contributed by atoms with Crippen LogP contribution in [0.25, 0.3) is 16.6 Å². The lowest BCUT2D eigenvalue weighted by atomic mass is 9.84. The van der Waals surface area contributed by atoms with Crippen molar-refractivity contribution in [2.45, 2.75) is 32.2 Å². The second-order valence-corrected chi connectivity index (χ2v) is 7.58. The molecule has 1 fully saturated rings. The molecule has 1 unspecified atom stereocenters. The Hall–Kier alpha value is -3.15. The molecule has 0 saturated heterocycles. The summed E-state index contributed by atoms with van der Waals surface area (Å²) in [4.78, 5) is 32.7. The van der Waals surface area contributed by atoms with Crippen LogP contribution in [0.2, 0.25) is 0 Å². The van der Waals surface area contributed by atoms with E-state index in [2.05, 4.69) is 0 Å². The normalized spacial score (nSPS) is 15.0. The number of para-hydroxylation sites is 1. The summed E-state index contributed by atoms with van der Waals surface area (Å²) in [6.07, 6.45) is 2.97. The van der Waals surface area contributed by atoms with Gasteiger partial charge in [-0.05, 0) is 56.2 Å². The number of rotatable bonds is 5. The van der Waals surface area contributed by atoms with Crippen LogP contribution >= 0.6 is 0 Å². The Balaban J connectivity index is 1.86. The summed E-state index contributed by atoms with van der Waals surface area (Å²) in [7, 11) is 3.40. The Kier molecular flexibility index (Phi) is 5.09. The molecule has 4 rings (SSSR count). The lowest BCUT2D eigenvalue weighted by molar-refractivity contribution is -0.139. The van der Waals surface area contributed by atoms with Crippen LogP contribution in [0, 0.1) is 5.92 Å². The summed E-state index contributed by atoms with van der Waals surface area (Å²) in [5, 5.41) is 0.548. The lowest BCUT2D eigenvalue weighted by Gasteiger charge is -2.33. The molecular weight excluding hydrogens is 366 g/mol. The van der Waals surface area contributed by atoms with E-state index < -0.39 is 0 Å². The summed E-state index contributed by atoms with van der Waals surface area (Å²) >= 11 is 0. The summed E-state index contributed by atoms with van der Waals surface area (Å²) in [6, 6.07) is 14.3. The van der Waals surface area contributed by atoms with Gasteiger partial charge in [-0.25, -0.2) is 4.98 Å². The number of carbonyl (C=O) groups excluding carboxylic acids is 1. The molecule has 29 heavy (non-hydrogen) atoms. The van der Waals surface area contributed by atoms with Crippen molar-refractivity contribution in [3.8, 4) is 11.4 Å². The minimum absolute atomic E-state index is 0.0871. The SMILES string of the molecule is COc1ccc(-n2c(C(C)N(C)C(=O)C3CCC3)nc3ccccc3c2=O)cc1. The molecule has 1 heterocycles. The second kappa shape index (κ2) is 7.70. The van der Waals surface area contributed by atoms with E-state index in [0.29, 0.717) is 28.2 Å². The van der Waals surface area contributed by atoms with Crippen LogP contribution in [0.3, 0.4) is 0 Å². The minimum atomic E-state index is -0.345. The number of fused-ring (bicyclic) bond motifs is 1. The van der Waals surface area contributed by atoms with Crippen LogP contribution in [-0.4, -0.2) is 34.5 Å². The molecule has 1 saturated carbocycles. The van der Waals surface area contributed by atoms with Gasteiger partial charge in [0.2, 0.25) is 5.91 Å². The number of carbonyl (C=O) groups is 1. The number of methoxy groups -OCH3 is 1. The molecule has 0 N–H and O–H groups in total. The highest BCUT2D eigenvalue weighted by Gasteiger charge is 2.32. The molecule has 0 spiro atoms. The Labute approximate surface area is 169 Å². The van der Waals surface area contributed by atoms with Gasteiger partial charge in [0.1, 0.15) is 11.6 Å². The Morgan fingerprint density at radius 2 is 1.86 bits per heavy atom. The Morgan fingerprint density at radius 1 is 1.17 bits per heavy atom. The van der Waals surface area contributed by atoms with Crippen molar-refractivity contribution < 1.29 is 9.53 Å². The van der Waals surface area contributed by atoms with Gasteiger partial charge in [0.15, 0.2) is 0 Å². The Morgan fingerprint density at radius 3 is 2.48 bits per heavy atom. The fraction of sp³-hybridized carbons (Fsp3) is 0.348. The summed E-state index contributed by atoms with van der Waals surface area (Å²) in [5.41, 5.74) is 1.18. The molecule has 1 amide bonds. The van der Waals surface area contributed by atoms with Crippen molar-refractivity contribution in [2.75, 3.05) is 14.2 Å². The van der Waals surface area contributed by atoms with Crippen molar-refractivity contribution in [2.24, 2.45) is 5.92 Å². The van der Waals surface area contributed by atoms with E-state index in [9.17, 15) is 9.59 Å². The third kappa shape index (κ3) is 3.39. The summed E-state index contributed by atoms with van der Waals surface area (Å²) in [5.74, 6) is 1.47. The van der Waals surface area contributed by atoms with Crippen molar-refractivity contribution in [1.82, 2.24) is 14.5 Å². The first-order chi connectivity index (χ1) is 14.0. The molecule has 6 nitrogen and oxygen atoms in total. The van der Waals surface area contributed by atoms with Crippen LogP contribution < -0.4 is 10.3 Å². The van der Waals surface area contributed by atoms with Crippen molar-refractivity contribution in [3.63, 3.8) is 0 Å². The number of amides is 1. The second-order valence-electron chi connectivity index (χ2n) is 7.58. The molecule has 1 aliphatic rings. The average Bonchev–Trinajstić information content (AvgIpc) is 2.71. The molecule has 2 aromatic carbocycles. The molecule has 0 radical (unpaired) electrons. The largest absolute Gasteiger partial charge is 0.497 e. The van der Waals surface area contributed by atoms with E-state index in [1.807, 2.05) is 49.4 Å². The first-order valence-corrected chi connectivity index (χ1v) is 9.94. The van der Waals surface area contributed by atoms with Gasteiger partial charge in [-0.3, -0.25) is 14.2 Å². The molecule has 1 aliphatic carbocycles. The van der Waals surface area contributed by atoms with Crippen LogP contribution in [0.5, 0.6) is 5.75 Å².